The van der Waals surface area contributed by atoms with Gasteiger partial charge in [-0.1, -0.05) is 18.6 Å². The highest BCUT2D eigenvalue weighted by Crippen LogP contribution is 2.20. The molecule has 1 unspecified atom stereocenters. The zero-order valence-corrected chi connectivity index (χ0v) is 10.1. The van der Waals surface area contributed by atoms with E-state index in [-0.39, 0.29) is 10.6 Å². The molecule has 1 aromatic rings. The van der Waals surface area contributed by atoms with Crippen LogP contribution in [0.2, 0.25) is 0 Å². The van der Waals surface area contributed by atoms with E-state index in [4.69, 9.17) is 0 Å². The van der Waals surface area contributed by atoms with Gasteiger partial charge in [0, 0.05) is 24.7 Å². The first kappa shape index (κ1) is 12.0. The molecule has 1 aliphatic heterocycles. The second-order valence-electron chi connectivity index (χ2n) is 4.74. The van der Waals surface area contributed by atoms with Crippen molar-refractivity contribution in [1.29, 1.82) is 0 Å². The van der Waals surface area contributed by atoms with Gasteiger partial charge >= 0.3 is 0 Å². The number of nitro benzene ring substituents is 1. The number of rotatable bonds is 3. The van der Waals surface area contributed by atoms with Gasteiger partial charge in [-0.2, -0.15) is 0 Å². The van der Waals surface area contributed by atoms with Gasteiger partial charge in [0.15, 0.2) is 0 Å². The minimum atomic E-state index is -0.354. The molecule has 1 heterocycles. The number of benzene rings is 1. The van der Waals surface area contributed by atoms with Gasteiger partial charge in [0.25, 0.3) is 5.69 Å². The zero-order valence-electron chi connectivity index (χ0n) is 10.1. The molecule has 4 nitrogen and oxygen atoms in total. The Morgan fingerprint density at radius 3 is 2.65 bits per heavy atom. The minimum absolute atomic E-state index is 0.167. The van der Waals surface area contributed by atoms with Crippen molar-refractivity contribution in [3.05, 3.63) is 39.9 Å². The normalized spacial score (nSPS) is 21.4. The third-order valence-corrected chi connectivity index (χ3v) is 3.47. The average Bonchev–Trinajstić information content (AvgIpc) is 2.33. The highest BCUT2D eigenvalue weighted by molar-refractivity contribution is 5.32. The maximum absolute atomic E-state index is 10.5. The molecule has 92 valence electrons. The lowest BCUT2D eigenvalue weighted by Gasteiger charge is -2.33. The van der Waals surface area contributed by atoms with E-state index in [1.165, 1.54) is 19.3 Å². The first-order valence-corrected chi connectivity index (χ1v) is 6.14. The fraction of sp³-hybridized carbons (Fsp3) is 0.538. The molecular weight excluding hydrogens is 216 g/mol. The van der Waals surface area contributed by atoms with E-state index >= 15 is 0 Å². The van der Waals surface area contributed by atoms with Gasteiger partial charge in [-0.3, -0.25) is 15.0 Å². The SMILES string of the molecule is CC1CCCCN1Cc1ccc([N+](=O)[O-])cc1. The first-order chi connectivity index (χ1) is 8.16. The second kappa shape index (κ2) is 5.27. The van der Waals surface area contributed by atoms with Crippen molar-refractivity contribution in [1.82, 2.24) is 4.90 Å². The van der Waals surface area contributed by atoms with E-state index in [1.807, 2.05) is 12.1 Å². The molecule has 0 aromatic heterocycles. The van der Waals surface area contributed by atoms with Gasteiger partial charge < -0.3 is 0 Å². The maximum Gasteiger partial charge on any atom is 0.269 e. The molecule has 1 saturated heterocycles. The summed E-state index contributed by atoms with van der Waals surface area (Å²) in [6.07, 6.45) is 3.84. The Morgan fingerprint density at radius 2 is 2.06 bits per heavy atom. The summed E-state index contributed by atoms with van der Waals surface area (Å²) < 4.78 is 0. The van der Waals surface area contributed by atoms with Crippen molar-refractivity contribution in [3.63, 3.8) is 0 Å². The second-order valence-corrected chi connectivity index (χ2v) is 4.74. The fourth-order valence-corrected chi connectivity index (χ4v) is 2.35. The monoisotopic (exact) mass is 234 g/mol. The van der Waals surface area contributed by atoms with Crippen LogP contribution >= 0.6 is 0 Å². The van der Waals surface area contributed by atoms with Crippen molar-refractivity contribution >= 4 is 5.69 Å². The van der Waals surface area contributed by atoms with Crippen LogP contribution in [-0.4, -0.2) is 22.4 Å². The quantitative estimate of drug-likeness (QED) is 0.596. The van der Waals surface area contributed by atoms with Gasteiger partial charge in [0.05, 0.1) is 4.92 Å². The molecule has 1 atom stereocenters. The molecule has 0 spiro atoms. The van der Waals surface area contributed by atoms with E-state index in [2.05, 4.69) is 11.8 Å². The molecular formula is C13H18N2O2. The Labute approximate surface area is 101 Å². The van der Waals surface area contributed by atoms with Crippen LogP contribution in [0.5, 0.6) is 0 Å². The minimum Gasteiger partial charge on any atom is -0.296 e. The molecule has 0 radical (unpaired) electrons. The summed E-state index contributed by atoms with van der Waals surface area (Å²) in [6.45, 7) is 4.29. The Kier molecular flexibility index (Phi) is 3.74. The van der Waals surface area contributed by atoms with E-state index in [1.54, 1.807) is 12.1 Å². The van der Waals surface area contributed by atoms with Crippen LogP contribution in [0, 0.1) is 10.1 Å². The van der Waals surface area contributed by atoms with Crippen LogP contribution in [0.1, 0.15) is 31.7 Å². The number of likely N-dealkylation sites (tertiary alicyclic amines) is 1. The van der Waals surface area contributed by atoms with Crippen molar-refractivity contribution in [2.24, 2.45) is 0 Å². The molecule has 0 bridgehead atoms. The number of nitrogens with zero attached hydrogens (tertiary/aromatic N) is 2. The van der Waals surface area contributed by atoms with Crippen LogP contribution in [0.15, 0.2) is 24.3 Å². The van der Waals surface area contributed by atoms with Crippen LogP contribution in [0.4, 0.5) is 5.69 Å². The van der Waals surface area contributed by atoms with Gasteiger partial charge in [0.2, 0.25) is 0 Å². The summed E-state index contributed by atoms with van der Waals surface area (Å²) in [5, 5.41) is 10.5. The Morgan fingerprint density at radius 1 is 1.35 bits per heavy atom. The number of piperidine rings is 1. The van der Waals surface area contributed by atoms with Gasteiger partial charge in [0.1, 0.15) is 0 Å². The number of hydrogen-bond donors (Lipinski definition) is 0. The van der Waals surface area contributed by atoms with Crippen LogP contribution in [0.25, 0.3) is 0 Å². The highest BCUT2D eigenvalue weighted by Gasteiger charge is 2.18. The number of hydrogen-bond acceptors (Lipinski definition) is 3. The summed E-state index contributed by atoms with van der Waals surface area (Å²) in [5.74, 6) is 0. The highest BCUT2D eigenvalue weighted by atomic mass is 16.6. The molecule has 4 heteroatoms. The lowest BCUT2D eigenvalue weighted by molar-refractivity contribution is -0.384. The predicted molar refractivity (Wildman–Crippen MR) is 66.8 cm³/mol. The van der Waals surface area contributed by atoms with E-state index in [0.29, 0.717) is 6.04 Å². The van der Waals surface area contributed by atoms with E-state index in [9.17, 15) is 10.1 Å². The van der Waals surface area contributed by atoms with Gasteiger partial charge in [-0.15, -0.1) is 0 Å². The topological polar surface area (TPSA) is 46.4 Å². The standard InChI is InChI=1S/C13H18N2O2/c1-11-4-2-3-9-14(11)10-12-5-7-13(8-6-12)15(16)17/h5-8,11H,2-4,9-10H2,1H3. The van der Waals surface area contributed by atoms with Gasteiger partial charge in [-0.05, 0) is 31.9 Å². The molecule has 2 rings (SSSR count). The molecule has 1 fully saturated rings. The lowest BCUT2D eigenvalue weighted by Crippen LogP contribution is -2.36. The molecule has 1 aromatic carbocycles. The number of nitro groups is 1. The summed E-state index contributed by atoms with van der Waals surface area (Å²) in [4.78, 5) is 12.6. The fourth-order valence-electron chi connectivity index (χ4n) is 2.35. The molecule has 0 aliphatic carbocycles. The van der Waals surface area contributed by atoms with Crippen LogP contribution < -0.4 is 0 Å². The molecule has 0 amide bonds. The molecule has 0 saturated carbocycles. The third kappa shape index (κ3) is 3.03. The Balaban J connectivity index is 2.00. The maximum atomic E-state index is 10.5. The third-order valence-electron chi connectivity index (χ3n) is 3.47. The van der Waals surface area contributed by atoms with Crippen molar-refractivity contribution in [2.75, 3.05) is 6.54 Å². The summed E-state index contributed by atoms with van der Waals surface area (Å²) in [5.41, 5.74) is 1.32. The zero-order chi connectivity index (χ0) is 12.3. The largest absolute Gasteiger partial charge is 0.296 e. The molecule has 1 aliphatic rings. The summed E-state index contributed by atoms with van der Waals surface area (Å²) in [6, 6.07) is 7.52. The smallest absolute Gasteiger partial charge is 0.269 e. The Bertz CT molecular complexity index is 389. The van der Waals surface area contributed by atoms with Crippen molar-refractivity contribution in [2.45, 2.75) is 38.8 Å². The van der Waals surface area contributed by atoms with Crippen molar-refractivity contribution < 1.29 is 4.92 Å². The van der Waals surface area contributed by atoms with Crippen LogP contribution in [0.3, 0.4) is 0 Å². The lowest BCUT2D eigenvalue weighted by atomic mass is 10.0. The molecule has 17 heavy (non-hydrogen) atoms. The number of non-ortho nitro benzene ring substituents is 1. The average molecular weight is 234 g/mol. The summed E-state index contributed by atoms with van der Waals surface area (Å²) >= 11 is 0. The van der Waals surface area contributed by atoms with E-state index in [0.717, 1.165) is 18.7 Å². The summed E-state index contributed by atoms with van der Waals surface area (Å²) in [7, 11) is 0. The predicted octanol–water partition coefficient (Wildman–Crippen LogP) is 2.97. The van der Waals surface area contributed by atoms with Crippen LogP contribution in [-0.2, 0) is 6.54 Å². The van der Waals surface area contributed by atoms with Crippen molar-refractivity contribution in [3.8, 4) is 0 Å². The Hall–Kier alpha value is -1.42. The first-order valence-electron chi connectivity index (χ1n) is 6.14. The van der Waals surface area contributed by atoms with Gasteiger partial charge in [-0.25, -0.2) is 0 Å². The van der Waals surface area contributed by atoms with E-state index < -0.39 is 0 Å². The molecule has 0 N–H and O–H groups in total.